The first-order chi connectivity index (χ1) is 13.7. The smallest absolute Gasteiger partial charge is 0.294 e. The van der Waals surface area contributed by atoms with Crippen LogP contribution < -0.4 is 4.74 Å². The number of phenolic OH excluding ortho intramolecular Hbond substituents is 1. The summed E-state index contributed by atoms with van der Waals surface area (Å²) in [6.45, 7) is 3.70. The first-order valence-electron chi connectivity index (χ1n) is 8.05. The van der Waals surface area contributed by atoms with Crippen LogP contribution in [0, 0.1) is 0 Å². The zero-order valence-electron chi connectivity index (χ0n) is 15.0. The van der Waals surface area contributed by atoms with Crippen molar-refractivity contribution in [1.82, 2.24) is 4.90 Å². The van der Waals surface area contributed by atoms with Crippen molar-refractivity contribution >= 4 is 61.9 Å². The van der Waals surface area contributed by atoms with E-state index in [0.717, 1.165) is 23.1 Å². The second-order valence-corrected chi connectivity index (χ2v) is 10.2. The molecule has 29 heavy (non-hydrogen) atoms. The van der Waals surface area contributed by atoms with Gasteiger partial charge in [-0.15, -0.1) is 22.3 Å². The lowest BCUT2D eigenvalue weighted by molar-refractivity contribution is -0.121. The molecule has 0 atom stereocenters. The number of hydrogen-bond acceptors (Lipinski definition) is 7. The second kappa shape index (κ2) is 8.62. The molecule has 1 aliphatic rings. The lowest BCUT2D eigenvalue weighted by Gasteiger charge is -2.12. The number of phenols is 1. The fourth-order valence-electron chi connectivity index (χ4n) is 2.39. The number of ether oxygens (including phenoxy) is 1. The van der Waals surface area contributed by atoms with Gasteiger partial charge in [-0.1, -0.05) is 23.7 Å². The molecular weight excluding hydrogens is 456 g/mol. The Morgan fingerprint density at radius 3 is 2.72 bits per heavy atom. The number of thiophene rings is 1. The van der Waals surface area contributed by atoms with Gasteiger partial charge in [0.05, 0.1) is 16.4 Å². The number of sulfonamides is 1. The van der Waals surface area contributed by atoms with Gasteiger partial charge in [0, 0.05) is 6.54 Å². The highest BCUT2D eigenvalue weighted by Crippen LogP contribution is 2.36. The Labute approximate surface area is 181 Å². The van der Waals surface area contributed by atoms with Gasteiger partial charge < -0.3 is 9.84 Å². The van der Waals surface area contributed by atoms with Gasteiger partial charge in [0.15, 0.2) is 16.7 Å². The molecule has 1 saturated heterocycles. The van der Waals surface area contributed by atoms with Crippen LogP contribution in [0.1, 0.15) is 5.56 Å². The van der Waals surface area contributed by atoms with Crippen LogP contribution >= 0.6 is 34.7 Å². The number of benzene rings is 1. The van der Waals surface area contributed by atoms with E-state index in [1.54, 1.807) is 18.2 Å². The highest BCUT2D eigenvalue weighted by molar-refractivity contribution is 8.19. The second-order valence-electron chi connectivity index (χ2n) is 5.65. The summed E-state index contributed by atoms with van der Waals surface area (Å²) in [5.41, 5.74) is 0.600. The monoisotopic (exact) mass is 470 g/mol. The molecule has 0 spiro atoms. The SMILES string of the molecule is C=CCN1C(=O)C(=Cc2ccc(O)c(OC)c2)SC1=NS(=O)(=O)c1ccc(Cl)s1. The van der Waals surface area contributed by atoms with Crippen LogP contribution in [0.3, 0.4) is 0 Å². The summed E-state index contributed by atoms with van der Waals surface area (Å²) in [6.07, 6.45) is 3.05. The van der Waals surface area contributed by atoms with Crippen molar-refractivity contribution in [2.75, 3.05) is 13.7 Å². The van der Waals surface area contributed by atoms with E-state index in [9.17, 15) is 18.3 Å². The predicted octanol–water partition coefficient (Wildman–Crippen LogP) is 3.96. The van der Waals surface area contributed by atoms with Crippen LogP contribution in [-0.4, -0.2) is 43.2 Å². The number of methoxy groups -OCH3 is 1. The Morgan fingerprint density at radius 2 is 2.10 bits per heavy atom. The van der Waals surface area contributed by atoms with Gasteiger partial charge in [-0.2, -0.15) is 8.42 Å². The molecule has 0 radical (unpaired) electrons. The summed E-state index contributed by atoms with van der Waals surface area (Å²) >= 11 is 7.64. The maximum absolute atomic E-state index is 12.8. The van der Waals surface area contributed by atoms with Gasteiger partial charge >= 0.3 is 0 Å². The summed E-state index contributed by atoms with van der Waals surface area (Å²) in [5, 5.41) is 9.73. The number of thioether (sulfide) groups is 1. The van der Waals surface area contributed by atoms with Crippen LogP contribution in [0.5, 0.6) is 11.5 Å². The minimum absolute atomic E-state index is 0.0118. The normalized spacial score (nSPS) is 17.3. The number of carbonyl (C=O) groups is 1. The van der Waals surface area contributed by atoms with Gasteiger partial charge in [-0.25, -0.2) is 0 Å². The molecule has 0 unspecified atom stereocenters. The molecule has 0 bridgehead atoms. The molecule has 1 fully saturated rings. The minimum Gasteiger partial charge on any atom is -0.504 e. The van der Waals surface area contributed by atoms with E-state index >= 15 is 0 Å². The largest absolute Gasteiger partial charge is 0.504 e. The summed E-state index contributed by atoms with van der Waals surface area (Å²) in [4.78, 5) is 14.3. The van der Waals surface area contributed by atoms with Crippen LogP contribution in [-0.2, 0) is 14.8 Å². The third-order valence-electron chi connectivity index (χ3n) is 3.70. The number of rotatable bonds is 6. The Balaban J connectivity index is 1.99. The molecule has 3 rings (SSSR count). The molecule has 1 aromatic carbocycles. The maximum Gasteiger partial charge on any atom is 0.294 e. The van der Waals surface area contributed by atoms with E-state index in [4.69, 9.17) is 16.3 Å². The van der Waals surface area contributed by atoms with Crippen LogP contribution in [0.4, 0.5) is 0 Å². The molecule has 11 heteroatoms. The number of aromatic hydroxyl groups is 1. The highest BCUT2D eigenvalue weighted by atomic mass is 35.5. The van der Waals surface area contributed by atoms with Gasteiger partial charge in [0.1, 0.15) is 4.21 Å². The zero-order valence-corrected chi connectivity index (χ0v) is 18.2. The van der Waals surface area contributed by atoms with Crippen LogP contribution in [0.2, 0.25) is 4.34 Å². The lowest BCUT2D eigenvalue weighted by atomic mass is 10.2. The Kier molecular flexibility index (Phi) is 6.37. The third kappa shape index (κ3) is 4.67. The van der Waals surface area contributed by atoms with Gasteiger partial charge in [-0.05, 0) is 47.7 Å². The molecule has 152 valence electrons. The van der Waals surface area contributed by atoms with Crippen molar-refractivity contribution in [3.05, 3.63) is 57.8 Å². The lowest BCUT2D eigenvalue weighted by Crippen LogP contribution is -2.29. The van der Waals surface area contributed by atoms with Crippen LogP contribution in [0.15, 0.2) is 56.5 Å². The van der Waals surface area contributed by atoms with E-state index in [1.807, 2.05) is 0 Å². The number of hydrogen-bond donors (Lipinski definition) is 1. The molecule has 0 aliphatic carbocycles. The maximum atomic E-state index is 12.8. The Bertz CT molecular complexity index is 1140. The summed E-state index contributed by atoms with van der Waals surface area (Å²) < 4.78 is 34.4. The quantitative estimate of drug-likeness (QED) is 0.507. The fraction of sp³-hybridized carbons (Fsp3) is 0.111. The van der Waals surface area contributed by atoms with Crippen molar-refractivity contribution < 1.29 is 23.1 Å². The fourth-order valence-corrected chi connectivity index (χ4v) is 6.04. The summed E-state index contributed by atoms with van der Waals surface area (Å²) in [7, 11) is -2.60. The van der Waals surface area contributed by atoms with E-state index in [0.29, 0.717) is 9.90 Å². The third-order valence-corrected chi connectivity index (χ3v) is 7.79. The average molecular weight is 471 g/mol. The standard InChI is InChI=1S/C18H15ClN2O5S3/c1-3-8-21-17(23)14(10-11-4-5-12(22)13(9-11)26-2)27-18(21)20-29(24,25)16-7-6-15(19)28-16/h3-7,9-10,22H,1,8H2,2H3. The molecule has 2 aromatic rings. The molecule has 1 amide bonds. The Hall–Kier alpha value is -2.27. The van der Waals surface area contributed by atoms with Gasteiger partial charge in [0.25, 0.3) is 15.9 Å². The van der Waals surface area contributed by atoms with E-state index in [1.165, 1.54) is 36.3 Å². The molecule has 1 aliphatic heterocycles. The van der Waals surface area contributed by atoms with Crippen molar-refractivity contribution in [3.63, 3.8) is 0 Å². The summed E-state index contributed by atoms with van der Waals surface area (Å²) in [6, 6.07) is 7.45. The number of nitrogens with zero attached hydrogens (tertiary/aromatic N) is 2. The van der Waals surface area contributed by atoms with Crippen molar-refractivity contribution in [1.29, 1.82) is 0 Å². The van der Waals surface area contributed by atoms with Crippen molar-refractivity contribution in [3.8, 4) is 11.5 Å². The number of carbonyl (C=O) groups excluding carboxylic acids is 1. The molecule has 1 N–H and O–H groups in total. The van der Waals surface area contributed by atoms with Crippen LogP contribution in [0.25, 0.3) is 6.08 Å². The number of amidine groups is 1. The van der Waals surface area contributed by atoms with Crippen molar-refractivity contribution in [2.45, 2.75) is 4.21 Å². The summed E-state index contributed by atoms with van der Waals surface area (Å²) in [5.74, 6) is -0.180. The highest BCUT2D eigenvalue weighted by Gasteiger charge is 2.34. The molecule has 2 heterocycles. The molecular formula is C18H15ClN2O5S3. The first kappa shape index (κ1) is 21.4. The zero-order chi connectivity index (χ0) is 21.2. The molecule has 1 aromatic heterocycles. The van der Waals surface area contributed by atoms with Gasteiger partial charge in [0.2, 0.25) is 0 Å². The number of halogens is 1. The number of amides is 1. The first-order valence-corrected chi connectivity index (χ1v) is 11.5. The van der Waals surface area contributed by atoms with Gasteiger partial charge in [-0.3, -0.25) is 9.69 Å². The predicted molar refractivity (Wildman–Crippen MR) is 116 cm³/mol. The minimum atomic E-state index is -4.02. The molecule has 0 saturated carbocycles. The van der Waals surface area contributed by atoms with Crippen molar-refractivity contribution in [2.24, 2.45) is 4.40 Å². The van der Waals surface area contributed by atoms with E-state index < -0.39 is 15.9 Å². The topological polar surface area (TPSA) is 96.3 Å². The molecule has 7 nitrogen and oxygen atoms in total. The Morgan fingerprint density at radius 1 is 1.34 bits per heavy atom. The average Bonchev–Trinajstić information content (AvgIpc) is 3.23. The van der Waals surface area contributed by atoms with E-state index in [-0.39, 0.29) is 32.3 Å². The van der Waals surface area contributed by atoms with E-state index in [2.05, 4.69) is 11.0 Å².